The van der Waals surface area contributed by atoms with E-state index in [4.69, 9.17) is 23.2 Å². The van der Waals surface area contributed by atoms with Gasteiger partial charge in [-0.25, -0.2) is 4.90 Å². The summed E-state index contributed by atoms with van der Waals surface area (Å²) in [6, 6.07) is 16.6. The first kappa shape index (κ1) is 25.4. The molecule has 4 aromatic rings. The van der Waals surface area contributed by atoms with Crippen molar-refractivity contribution in [3.05, 3.63) is 104 Å². The molecule has 1 unspecified atom stereocenters. The molecule has 0 saturated carbocycles. The number of H-pyrrole nitrogens is 1. The van der Waals surface area contributed by atoms with Gasteiger partial charge < -0.3 is 9.88 Å². The van der Waals surface area contributed by atoms with Crippen molar-refractivity contribution in [1.29, 1.82) is 0 Å². The van der Waals surface area contributed by atoms with Crippen LogP contribution in [0.5, 0.6) is 0 Å². The number of benzene rings is 3. The number of imide groups is 1. The van der Waals surface area contributed by atoms with Gasteiger partial charge in [0.15, 0.2) is 0 Å². The minimum atomic E-state index is -1.09. The van der Waals surface area contributed by atoms with Crippen molar-refractivity contribution < 1.29 is 19.3 Å². The Morgan fingerprint density at radius 2 is 1.82 bits per heavy atom. The quantitative estimate of drug-likeness (QED) is 0.188. The monoisotopic (exact) mass is 550 g/mol. The number of amides is 3. The van der Waals surface area contributed by atoms with Crippen molar-refractivity contribution in [1.82, 2.24) is 9.88 Å². The number of rotatable bonds is 7. The lowest BCUT2D eigenvalue weighted by atomic mass is 10.1. The van der Waals surface area contributed by atoms with Crippen LogP contribution in [0.4, 0.5) is 11.4 Å². The maximum absolute atomic E-state index is 13.7. The number of halogens is 2. The first-order chi connectivity index (χ1) is 18.2. The van der Waals surface area contributed by atoms with E-state index >= 15 is 0 Å². The van der Waals surface area contributed by atoms with Gasteiger partial charge in [-0.05, 0) is 54.4 Å². The Labute approximate surface area is 226 Å². The Hall–Kier alpha value is -4.21. The van der Waals surface area contributed by atoms with Crippen LogP contribution in [0, 0.1) is 10.1 Å². The van der Waals surface area contributed by atoms with E-state index in [0.717, 1.165) is 27.4 Å². The normalized spacial score (nSPS) is 15.3. The molecular weight excluding hydrogens is 531 g/mol. The predicted octanol–water partition coefficient (Wildman–Crippen LogP) is 5.40. The highest BCUT2D eigenvalue weighted by atomic mass is 35.5. The fourth-order valence-electron chi connectivity index (χ4n) is 4.65. The van der Waals surface area contributed by atoms with E-state index in [2.05, 4.69) is 4.98 Å². The van der Waals surface area contributed by atoms with Gasteiger partial charge in [-0.3, -0.25) is 24.5 Å². The fraction of sp³-hybridized carbons (Fsp3) is 0.148. The third-order valence-electron chi connectivity index (χ3n) is 6.53. The number of hydrogen-bond acceptors (Lipinski definition) is 5. The van der Waals surface area contributed by atoms with Crippen molar-refractivity contribution in [2.45, 2.75) is 18.9 Å². The Morgan fingerprint density at radius 1 is 1.08 bits per heavy atom. The van der Waals surface area contributed by atoms with Crippen molar-refractivity contribution in [2.75, 3.05) is 11.4 Å². The summed E-state index contributed by atoms with van der Waals surface area (Å²) in [6.07, 6.45) is 1.99. The van der Waals surface area contributed by atoms with Gasteiger partial charge in [0.05, 0.1) is 17.0 Å². The van der Waals surface area contributed by atoms with Crippen LogP contribution < -0.4 is 4.90 Å². The SMILES string of the molecule is O=C1CC(N(CCc2c[nH]c3ccccc23)C(=O)c2ccc(Cl)c([N+](=O)[O-])c2)C(=O)N1c1ccc(Cl)cc1. The Bertz CT molecular complexity index is 1580. The molecule has 3 aromatic carbocycles. The van der Waals surface area contributed by atoms with Gasteiger partial charge in [-0.1, -0.05) is 41.4 Å². The number of nitrogens with one attached hydrogen (secondary N) is 1. The van der Waals surface area contributed by atoms with Gasteiger partial charge in [0.2, 0.25) is 5.91 Å². The average Bonchev–Trinajstić information content (AvgIpc) is 3.45. The molecule has 1 atom stereocenters. The number of carbonyl (C=O) groups excluding carboxylic acids is 3. The lowest BCUT2D eigenvalue weighted by Crippen LogP contribution is -2.46. The molecule has 192 valence electrons. The van der Waals surface area contributed by atoms with Crippen molar-refractivity contribution >= 4 is 63.2 Å². The van der Waals surface area contributed by atoms with Crippen LogP contribution in [0.1, 0.15) is 22.3 Å². The molecule has 1 aromatic heterocycles. The highest BCUT2D eigenvalue weighted by Crippen LogP contribution is 2.30. The highest BCUT2D eigenvalue weighted by molar-refractivity contribution is 6.33. The molecule has 1 fully saturated rings. The molecule has 9 nitrogen and oxygen atoms in total. The molecule has 0 radical (unpaired) electrons. The lowest BCUT2D eigenvalue weighted by Gasteiger charge is -2.28. The Balaban J connectivity index is 1.49. The van der Waals surface area contributed by atoms with E-state index in [1.807, 2.05) is 30.5 Å². The molecule has 1 aliphatic rings. The third kappa shape index (κ3) is 4.73. The number of aromatic nitrogens is 1. The molecule has 2 heterocycles. The van der Waals surface area contributed by atoms with Gasteiger partial charge in [-0.2, -0.15) is 0 Å². The number of nitro benzene ring substituents is 1. The summed E-state index contributed by atoms with van der Waals surface area (Å²) >= 11 is 11.9. The largest absolute Gasteiger partial charge is 0.361 e. The van der Waals surface area contributed by atoms with Crippen molar-refractivity contribution in [2.24, 2.45) is 0 Å². The van der Waals surface area contributed by atoms with Crippen LogP contribution >= 0.6 is 23.2 Å². The molecule has 3 amide bonds. The standard InChI is InChI=1S/C27H20Cl2N4O5/c28-18-6-8-19(9-7-18)32-25(34)14-24(27(32)36)31(12-11-17-15-30-22-4-2-1-3-20(17)22)26(35)16-5-10-21(29)23(13-16)33(37)38/h1-10,13,15,24,30H,11-12,14H2. The molecule has 11 heteroatoms. The Kier molecular flexibility index (Phi) is 6.88. The molecule has 1 saturated heterocycles. The lowest BCUT2D eigenvalue weighted by molar-refractivity contribution is -0.384. The van der Waals surface area contributed by atoms with Gasteiger partial charge in [0, 0.05) is 40.3 Å². The summed E-state index contributed by atoms with van der Waals surface area (Å²) < 4.78 is 0. The van der Waals surface area contributed by atoms with Crippen LogP contribution in [0.25, 0.3) is 10.9 Å². The number of carbonyl (C=O) groups is 3. The predicted molar refractivity (Wildman–Crippen MR) is 143 cm³/mol. The molecule has 5 rings (SSSR count). The van der Waals surface area contributed by atoms with Gasteiger partial charge in [0.1, 0.15) is 11.1 Å². The van der Waals surface area contributed by atoms with Crippen LogP contribution in [-0.2, 0) is 16.0 Å². The second-order valence-corrected chi connectivity index (χ2v) is 9.64. The molecule has 0 bridgehead atoms. The maximum atomic E-state index is 13.7. The second-order valence-electron chi connectivity index (χ2n) is 8.80. The summed E-state index contributed by atoms with van der Waals surface area (Å²) in [7, 11) is 0. The summed E-state index contributed by atoms with van der Waals surface area (Å²) in [5, 5.41) is 12.7. The van der Waals surface area contributed by atoms with Gasteiger partial charge in [-0.15, -0.1) is 0 Å². The summed E-state index contributed by atoms with van der Waals surface area (Å²) in [6.45, 7) is 0.0925. The number of anilines is 1. The first-order valence-electron chi connectivity index (χ1n) is 11.7. The first-order valence-corrected chi connectivity index (χ1v) is 12.4. The molecule has 1 aliphatic heterocycles. The maximum Gasteiger partial charge on any atom is 0.288 e. The number of nitrogens with zero attached hydrogens (tertiary/aromatic N) is 3. The topological polar surface area (TPSA) is 117 Å². The van der Waals surface area contributed by atoms with Gasteiger partial charge in [0.25, 0.3) is 17.5 Å². The van der Waals surface area contributed by atoms with E-state index in [-0.39, 0.29) is 23.6 Å². The van der Waals surface area contributed by atoms with Crippen LogP contribution in [0.15, 0.2) is 72.9 Å². The van der Waals surface area contributed by atoms with Crippen molar-refractivity contribution in [3.63, 3.8) is 0 Å². The fourth-order valence-corrected chi connectivity index (χ4v) is 4.96. The summed E-state index contributed by atoms with van der Waals surface area (Å²) in [4.78, 5) is 56.5. The number of aromatic amines is 1. The molecule has 1 N–H and O–H groups in total. The van der Waals surface area contributed by atoms with Crippen molar-refractivity contribution in [3.8, 4) is 0 Å². The van der Waals surface area contributed by atoms with Crippen LogP contribution in [0.3, 0.4) is 0 Å². The zero-order chi connectivity index (χ0) is 27.0. The minimum absolute atomic E-state index is 0.00906. The molecule has 0 aliphatic carbocycles. The minimum Gasteiger partial charge on any atom is -0.361 e. The molecule has 0 spiro atoms. The highest BCUT2D eigenvalue weighted by Gasteiger charge is 2.44. The summed E-state index contributed by atoms with van der Waals surface area (Å²) in [5.74, 6) is -1.64. The second kappa shape index (κ2) is 10.3. The zero-order valence-electron chi connectivity index (χ0n) is 19.8. The van der Waals surface area contributed by atoms with E-state index in [9.17, 15) is 24.5 Å². The molecular formula is C27H20Cl2N4O5. The van der Waals surface area contributed by atoms with Crippen LogP contribution in [0.2, 0.25) is 10.0 Å². The number of hydrogen-bond donors (Lipinski definition) is 1. The van der Waals surface area contributed by atoms with E-state index in [1.54, 1.807) is 24.3 Å². The van der Waals surface area contributed by atoms with Crippen LogP contribution in [-0.4, -0.2) is 45.1 Å². The zero-order valence-corrected chi connectivity index (χ0v) is 21.3. The molecule has 38 heavy (non-hydrogen) atoms. The number of para-hydroxylation sites is 1. The number of nitro groups is 1. The average molecular weight is 551 g/mol. The summed E-state index contributed by atoms with van der Waals surface area (Å²) in [5.41, 5.74) is 1.76. The number of fused-ring (bicyclic) bond motifs is 1. The smallest absolute Gasteiger partial charge is 0.288 e. The van der Waals surface area contributed by atoms with E-state index in [0.29, 0.717) is 17.1 Å². The van der Waals surface area contributed by atoms with Gasteiger partial charge >= 0.3 is 0 Å². The van der Waals surface area contributed by atoms with E-state index < -0.39 is 34.4 Å². The van der Waals surface area contributed by atoms with E-state index in [1.165, 1.54) is 17.0 Å². The Morgan fingerprint density at radius 3 is 2.55 bits per heavy atom. The third-order valence-corrected chi connectivity index (χ3v) is 7.10.